The number of halogens is 1. The van der Waals surface area contributed by atoms with Crippen molar-refractivity contribution in [1.29, 1.82) is 0 Å². The molecule has 2 heterocycles. The van der Waals surface area contributed by atoms with Gasteiger partial charge < -0.3 is 9.47 Å². The van der Waals surface area contributed by atoms with Crippen LogP contribution in [0.3, 0.4) is 0 Å². The maximum absolute atomic E-state index is 13.3. The summed E-state index contributed by atoms with van der Waals surface area (Å²) < 4.78 is 3.17. The lowest BCUT2D eigenvalue weighted by Crippen LogP contribution is -2.40. The van der Waals surface area contributed by atoms with Gasteiger partial charge in [-0.25, -0.2) is 0 Å². The summed E-state index contributed by atoms with van der Waals surface area (Å²) in [5, 5.41) is 0. The highest BCUT2D eigenvalue weighted by molar-refractivity contribution is 9.14. The molecule has 0 bridgehead atoms. The fourth-order valence-corrected chi connectivity index (χ4v) is 5.40. The van der Waals surface area contributed by atoms with Crippen molar-refractivity contribution < 1.29 is 4.79 Å². The molecule has 0 aliphatic carbocycles. The van der Waals surface area contributed by atoms with Crippen LogP contribution in [0.5, 0.6) is 0 Å². The minimum Gasteiger partial charge on any atom is -0.331 e. The fourth-order valence-electron chi connectivity index (χ4n) is 3.50. The van der Waals surface area contributed by atoms with Crippen LogP contribution >= 0.6 is 26.4 Å². The Morgan fingerprint density at radius 1 is 1.03 bits per heavy atom. The Labute approximate surface area is 182 Å². The molecule has 5 heteroatoms. The van der Waals surface area contributed by atoms with Crippen LogP contribution in [0.4, 0.5) is 0 Å². The predicted molar refractivity (Wildman–Crippen MR) is 127 cm³/mol. The van der Waals surface area contributed by atoms with E-state index in [1.807, 2.05) is 59.8 Å². The van der Waals surface area contributed by atoms with E-state index in [4.69, 9.17) is 0 Å². The smallest absolute Gasteiger partial charge is 0.227 e. The van der Waals surface area contributed by atoms with Crippen LogP contribution in [0, 0.1) is 0 Å². The van der Waals surface area contributed by atoms with Gasteiger partial charge >= 0.3 is 0 Å². The van der Waals surface area contributed by atoms with E-state index in [1.165, 1.54) is 0 Å². The Morgan fingerprint density at radius 3 is 2.34 bits per heavy atom. The second-order valence-corrected chi connectivity index (χ2v) is 10.3. The lowest BCUT2D eigenvalue weighted by atomic mass is 10.1. The zero-order valence-corrected chi connectivity index (χ0v) is 18.5. The van der Waals surface area contributed by atoms with E-state index < -0.39 is 0 Å². The van der Waals surface area contributed by atoms with Crippen LogP contribution in [0.1, 0.15) is 11.1 Å². The minimum atomic E-state index is -0.0785. The van der Waals surface area contributed by atoms with Crippen molar-refractivity contribution >= 4 is 38.2 Å². The van der Waals surface area contributed by atoms with Crippen molar-refractivity contribution in [3.05, 3.63) is 100 Å². The Bertz CT molecular complexity index is 1030. The average molecular weight is 467 g/mol. The standard InChI is InChI=1S/C24H23BrN2OS/c1-29-18-22(16-23(29)25)27(17-20-7-3-2-4-8-20)24(28)15-19-9-11-21(12-10-19)26-13-5-6-14-26/h2-14,16,22H,1,15,17-18H2. The number of carbonyl (C=O) groups excluding carboxylic acids is 1. The topological polar surface area (TPSA) is 25.2 Å². The lowest BCUT2D eigenvalue weighted by molar-refractivity contribution is -0.132. The van der Waals surface area contributed by atoms with Crippen LogP contribution in [-0.4, -0.2) is 33.0 Å². The van der Waals surface area contributed by atoms with E-state index in [1.54, 1.807) is 0 Å². The molecule has 148 valence electrons. The highest BCUT2D eigenvalue weighted by Crippen LogP contribution is 2.38. The van der Waals surface area contributed by atoms with Crippen molar-refractivity contribution in [3.8, 4) is 5.69 Å². The molecule has 0 fully saturated rings. The molecule has 1 aromatic heterocycles. The first-order chi connectivity index (χ1) is 14.1. The van der Waals surface area contributed by atoms with Gasteiger partial charge in [-0.3, -0.25) is 4.79 Å². The molecule has 0 N–H and O–H groups in total. The maximum atomic E-state index is 13.3. The summed E-state index contributed by atoms with van der Waals surface area (Å²) in [6, 6.07) is 22.5. The first-order valence-electron chi connectivity index (χ1n) is 9.54. The Kier molecular flexibility index (Phi) is 6.16. The first kappa shape index (κ1) is 19.9. The number of hydrogen-bond acceptors (Lipinski definition) is 1. The number of benzene rings is 2. The number of hydrogen-bond donors (Lipinski definition) is 0. The Morgan fingerprint density at radius 2 is 1.72 bits per heavy atom. The van der Waals surface area contributed by atoms with Gasteiger partial charge in [0.1, 0.15) is 0 Å². The van der Waals surface area contributed by atoms with Crippen molar-refractivity contribution in [2.75, 3.05) is 5.75 Å². The average Bonchev–Trinajstić information content (AvgIpc) is 3.38. The van der Waals surface area contributed by atoms with Gasteiger partial charge in [0.15, 0.2) is 0 Å². The number of carbonyl (C=O) groups is 1. The summed E-state index contributed by atoms with van der Waals surface area (Å²) in [6.45, 7) is 0.611. The molecule has 2 atom stereocenters. The molecule has 0 saturated heterocycles. The summed E-state index contributed by atoms with van der Waals surface area (Å²) in [5.41, 5.74) is 3.26. The molecule has 1 aliphatic heterocycles. The zero-order chi connectivity index (χ0) is 20.2. The van der Waals surface area contributed by atoms with Crippen LogP contribution in [0.15, 0.2) is 89.0 Å². The summed E-state index contributed by atoms with van der Waals surface area (Å²) in [4.78, 5) is 15.3. The number of aromatic nitrogens is 1. The van der Waals surface area contributed by atoms with Gasteiger partial charge in [-0.1, -0.05) is 48.3 Å². The van der Waals surface area contributed by atoms with Gasteiger partial charge in [-0.15, -0.1) is 0 Å². The molecular formula is C24H23BrN2OS. The van der Waals surface area contributed by atoms with Gasteiger partial charge in [0.05, 0.1) is 12.5 Å². The van der Waals surface area contributed by atoms with Gasteiger partial charge in [0.25, 0.3) is 0 Å². The SMILES string of the molecule is C=S1CC(N(Cc2ccccc2)C(=O)Cc2ccc(-n3cccc3)cc2)C=C1Br. The van der Waals surface area contributed by atoms with Crippen molar-refractivity contribution in [2.24, 2.45) is 0 Å². The maximum Gasteiger partial charge on any atom is 0.227 e. The van der Waals surface area contributed by atoms with Crippen LogP contribution in [-0.2, 0) is 17.8 Å². The van der Waals surface area contributed by atoms with Crippen molar-refractivity contribution in [2.45, 2.75) is 19.0 Å². The van der Waals surface area contributed by atoms with Crippen LogP contribution < -0.4 is 0 Å². The van der Waals surface area contributed by atoms with E-state index in [0.717, 1.165) is 26.4 Å². The third-order valence-corrected chi connectivity index (χ3v) is 8.15. The summed E-state index contributed by atoms with van der Waals surface area (Å²) in [5.74, 6) is 5.23. The van der Waals surface area contributed by atoms with E-state index in [2.05, 4.69) is 56.7 Å². The molecule has 1 amide bonds. The number of nitrogens with zero attached hydrogens (tertiary/aromatic N) is 2. The van der Waals surface area contributed by atoms with Gasteiger partial charge in [-0.2, -0.15) is 10.5 Å². The van der Waals surface area contributed by atoms with Gasteiger partial charge in [0.2, 0.25) is 5.91 Å². The Balaban J connectivity index is 1.52. The largest absolute Gasteiger partial charge is 0.331 e. The molecule has 2 unspecified atom stereocenters. The zero-order valence-electron chi connectivity index (χ0n) is 16.1. The molecule has 1 aliphatic rings. The van der Waals surface area contributed by atoms with E-state index in [-0.39, 0.29) is 22.4 Å². The molecular weight excluding hydrogens is 444 g/mol. The highest BCUT2D eigenvalue weighted by atomic mass is 79.9. The van der Waals surface area contributed by atoms with Crippen LogP contribution in [0.25, 0.3) is 5.69 Å². The van der Waals surface area contributed by atoms with Crippen molar-refractivity contribution in [3.63, 3.8) is 0 Å². The second kappa shape index (κ2) is 8.97. The normalized spacial score (nSPS) is 18.4. The summed E-state index contributed by atoms with van der Waals surface area (Å²) in [7, 11) is -0.0785. The van der Waals surface area contributed by atoms with E-state index >= 15 is 0 Å². The van der Waals surface area contributed by atoms with E-state index in [9.17, 15) is 4.79 Å². The van der Waals surface area contributed by atoms with Crippen molar-refractivity contribution in [1.82, 2.24) is 9.47 Å². The second-order valence-electron chi connectivity index (χ2n) is 7.14. The predicted octanol–water partition coefficient (Wildman–Crippen LogP) is 5.37. The molecule has 0 spiro atoms. The summed E-state index contributed by atoms with van der Waals surface area (Å²) in [6.07, 6.45) is 6.57. The Hall–Kier alpha value is -2.37. The monoisotopic (exact) mass is 466 g/mol. The third-order valence-electron chi connectivity index (χ3n) is 5.08. The third kappa shape index (κ3) is 4.80. The first-order valence-corrected chi connectivity index (χ1v) is 11.9. The molecule has 4 rings (SSSR count). The van der Waals surface area contributed by atoms with Gasteiger partial charge in [-0.05, 0) is 57.4 Å². The molecule has 29 heavy (non-hydrogen) atoms. The quantitative estimate of drug-likeness (QED) is 0.448. The minimum absolute atomic E-state index is 0.0785. The lowest BCUT2D eigenvalue weighted by Gasteiger charge is -2.28. The highest BCUT2D eigenvalue weighted by Gasteiger charge is 2.27. The van der Waals surface area contributed by atoms with Gasteiger partial charge in [0, 0.05) is 34.2 Å². The summed E-state index contributed by atoms with van der Waals surface area (Å²) >= 11 is 3.61. The fraction of sp³-hybridized carbons (Fsp3) is 0.167. The molecule has 0 saturated carbocycles. The van der Waals surface area contributed by atoms with Crippen LogP contribution in [0.2, 0.25) is 0 Å². The molecule has 3 aromatic rings. The molecule has 2 aromatic carbocycles. The molecule has 0 radical (unpaired) electrons. The molecule has 3 nitrogen and oxygen atoms in total. The number of rotatable bonds is 6. The number of amides is 1. The van der Waals surface area contributed by atoms with E-state index in [0.29, 0.717) is 13.0 Å².